The summed E-state index contributed by atoms with van der Waals surface area (Å²) < 4.78 is 5.24. The number of nitrogens with one attached hydrogen (secondary N) is 2. The topological polar surface area (TPSA) is 127 Å². The molecule has 3 aliphatic rings. The molecule has 1 atom stereocenters. The maximum absolute atomic E-state index is 13.1. The molecule has 2 aromatic rings. The van der Waals surface area contributed by atoms with Crippen molar-refractivity contribution in [3.8, 4) is 17.6 Å². The van der Waals surface area contributed by atoms with Gasteiger partial charge in [-0.1, -0.05) is 36.4 Å². The number of hydrogen-bond acceptors (Lipinski definition) is 7. The fourth-order valence-electron chi connectivity index (χ4n) is 5.36. The summed E-state index contributed by atoms with van der Waals surface area (Å²) >= 11 is 0. The van der Waals surface area contributed by atoms with Crippen molar-refractivity contribution in [2.45, 2.75) is 31.8 Å². The molecule has 2 saturated heterocycles. The van der Waals surface area contributed by atoms with Gasteiger partial charge in [-0.25, -0.2) is 4.79 Å². The van der Waals surface area contributed by atoms with Crippen LogP contribution in [0.5, 0.6) is 5.75 Å². The van der Waals surface area contributed by atoms with Gasteiger partial charge in [0, 0.05) is 49.4 Å². The quantitative estimate of drug-likeness (QED) is 0.118. The molecule has 3 heterocycles. The molecule has 3 aliphatic heterocycles. The lowest BCUT2D eigenvalue weighted by Crippen LogP contribution is -2.54. The van der Waals surface area contributed by atoms with Gasteiger partial charge in [0.1, 0.15) is 5.75 Å². The number of imide groups is 1. The van der Waals surface area contributed by atoms with Crippen molar-refractivity contribution in [2.75, 3.05) is 46.4 Å². The molecule has 214 valence electrons. The maximum Gasteiger partial charge on any atom is 0.323 e. The molecule has 0 bridgehead atoms. The Morgan fingerprint density at radius 3 is 2.49 bits per heavy atom. The molecule has 11 nitrogen and oxygen atoms in total. The Labute approximate surface area is 239 Å². The number of oxime groups is 1. The van der Waals surface area contributed by atoms with Gasteiger partial charge in [-0.05, 0) is 54.9 Å². The highest BCUT2D eigenvalue weighted by Gasteiger charge is 2.48. The number of hydrogen-bond donors (Lipinski definition) is 3. The molecule has 0 aromatic heterocycles. The van der Waals surface area contributed by atoms with Crippen LogP contribution in [0.2, 0.25) is 0 Å². The number of unbranched alkanes of at least 4 members (excludes halogenated alkanes) is 1. The van der Waals surface area contributed by atoms with E-state index in [9.17, 15) is 19.6 Å². The molecule has 5 rings (SSSR count). The van der Waals surface area contributed by atoms with Gasteiger partial charge >= 0.3 is 6.03 Å². The first-order chi connectivity index (χ1) is 19.9. The van der Waals surface area contributed by atoms with Crippen molar-refractivity contribution in [2.24, 2.45) is 5.16 Å². The Balaban J connectivity index is 1.30. The number of fused-ring (bicyclic) bond motifs is 1. The van der Waals surface area contributed by atoms with Crippen LogP contribution in [0, 0.1) is 11.8 Å². The molecule has 0 saturated carbocycles. The molecular formula is C30H34N6O5. The molecule has 11 heteroatoms. The number of amidine groups is 1. The second-order valence-electron chi connectivity index (χ2n) is 10.4. The molecule has 2 fully saturated rings. The maximum atomic E-state index is 13.1. The number of rotatable bonds is 7. The van der Waals surface area contributed by atoms with Gasteiger partial charge < -0.3 is 25.1 Å². The monoisotopic (exact) mass is 558 g/mol. The smallest absolute Gasteiger partial charge is 0.323 e. The van der Waals surface area contributed by atoms with Crippen LogP contribution < -0.4 is 15.4 Å². The van der Waals surface area contributed by atoms with Crippen molar-refractivity contribution in [1.29, 1.82) is 0 Å². The zero-order valence-corrected chi connectivity index (χ0v) is 23.3. The normalized spacial score (nSPS) is 20.8. The van der Waals surface area contributed by atoms with E-state index < -0.39 is 17.5 Å². The van der Waals surface area contributed by atoms with Crippen LogP contribution in [0.3, 0.4) is 0 Å². The van der Waals surface area contributed by atoms with Gasteiger partial charge in [-0.3, -0.25) is 19.8 Å². The van der Waals surface area contributed by atoms with Gasteiger partial charge in [0.25, 0.3) is 11.8 Å². The summed E-state index contributed by atoms with van der Waals surface area (Å²) in [6.45, 7) is 6.81. The standard InChI is InChI=1S/C30H34N6O5/c1-3-4-13-34-14-16-35(17-15-34)26(33-40)22-7-5-21(6-8-22)11-12-30(28(38)31-29(39)32-30)20-36-19-23-9-10-24(41-2)18-25(23)27(36)37/h5-10,18,40H,3-4,13-17,19-20H2,1-2H3,(H2,31,32,38,39)/b33-26-/t30-/m1/s1. The Bertz CT molecular complexity index is 1420. The molecule has 3 N–H and O–H groups in total. The van der Waals surface area contributed by atoms with E-state index in [0.29, 0.717) is 22.7 Å². The SMILES string of the molecule is CCCCN1CCN(/C(=N\O)c2ccc(C#C[C@]3(CN4Cc5ccc(OC)cc5C4=O)NC(=O)NC3=O)cc2)CC1. The van der Waals surface area contributed by atoms with Crippen molar-refractivity contribution in [3.05, 3.63) is 64.7 Å². The van der Waals surface area contributed by atoms with Crippen LogP contribution in [0.4, 0.5) is 4.79 Å². The van der Waals surface area contributed by atoms with E-state index in [0.717, 1.165) is 50.3 Å². The largest absolute Gasteiger partial charge is 0.497 e. The second-order valence-corrected chi connectivity index (χ2v) is 10.4. The van der Waals surface area contributed by atoms with Crippen molar-refractivity contribution in [1.82, 2.24) is 25.3 Å². The number of benzene rings is 2. The van der Waals surface area contributed by atoms with Crippen LogP contribution >= 0.6 is 0 Å². The summed E-state index contributed by atoms with van der Waals surface area (Å²) in [5.74, 6) is 6.11. The Morgan fingerprint density at radius 1 is 1.10 bits per heavy atom. The summed E-state index contributed by atoms with van der Waals surface area (Å²) in [5, 5.41) is 18.2. The van der Waals surface area contributed by atoms with E-state index in [-0.39, 0.29) is 19.0 Å². The van der Waals surface area contributed by atoms with Crippen molar-refractivity contribution in [3.63, 3.8) is 0 Å². The molecule has 0 spiro atoms. The molecule has 41 heavy (non-hydrogen) atoms. The van der Waals surface area contributed by atoms with E-state index in [4.69, 9.17) is 4.74 Å². The Morgan fingerprint density at radius 2 is 1.85 bits per heavy atom. The molecule has 0 radical (unpaired) electrons. The summed E-state index contributed by atoms with van der Waals surface area (Å²) in [4.78, 5) is 44.2. The fraction of sp³-hybridized carbons (Fsp3) is 0.400. The molecule has 0 unspecified atom stereocenters. The zero-order valence-electron chi connectivity index (χ0n) is 23.3. The third-order valence-electron chi connectivity index (χ3n) is 7.72. The lowest BCUT2D eigenvalue weighted by atomic mass is 9.99. The van der Waals surface area contributed by atoms with Gasteiger partial charge in [0.15, 0.2) is 5.84 Å². The minimum absolute atomic E-state index is 0.114. The lowest BCUT2D eigenvalue weighted by molar-refractivity contribution is -0.122. The van der Waals surface area contributed by atoms with Crippen molar-refractivity contribution < 1.29 is 24.3 Å². The lowest BCUT2D eigenvalue weighted by Gasteiger charge is -2.36. The minimum atomic E-state index is -1.60. The number of piperazine rings is 1. The van der Waals surface area contributed by atoms with Crippen LogP contribution in [-0.2, 0) is 11.3 Å². The van der Waals surface area contributed by atoms with Gasteiger partial charge in [0.2, 0.25) is 5.54 Å². The predicted molar refractivity (Wildman–Crippen MR) is 152 cm³/mol. The van der Waals surface area contributed by atoms with Gasteiger partial charge in [-0.15, -0.1) is 0 Å². The highest BCUT2D eigenvalue weighted by atomic mass is 16.5. The van der Waals surface area contributed by atoms with E-state index >= 15 is 0 Å². The molecule has 0 aliphatic carbocycles. The first-order valence-corrected chi connectivity index (χ1v) is 13.8. The number of urea groups is 1. The van der Waals surface area contributed by atoms with Crippen LogP contribution in [0.1, 0.15) is 46.8 Å². The number of methoxy groups -OCH3 is 1. The third-order valence-corrected chi connectivity index (χ3v) is 7.72. The number of nitrogens with zero attached hydrogens (tertiary/aromatic N) is 4. The summed E-state index contributed by atoms with van der Waals surface area (Å²) in [6.07, 6.45) is 2.34. The van der Waals surface area contributed by atoms with E-state index in [1.165, 1.54) is 18.4 Å². The summed E-state index contributed by atoms with van der Waals surface area (Å²) in [6, 6.07) is 11.8. The highest BCUT2D eigenvalue weighted by Crippen LogP contribution is 2.28. The number of amides is 4. The third kappa shape index (κ3) is 5.83. The van der Waals surface area contributed by atoms with Crippen LogP contribution in [-0.4, -0.2) is 95.5 Å². The number of ether oxygens (including phenoxy) is 1. The van der Waals surface area contributed by atoms with Crippen LogP contribution in [0.25, 0.3) is 0 Å². The van der Waals surface area contributed by atoms with E-state index in [1.54, 1.807) is 24.3 Å². The van der Waals surface area contributed by atoms with E-state index in [1.807, 2.05) is 18.2 Å². The van der Waals surface area contributed by atoms with Crippen molar-refractivity contribution >= 4 is 23.7 Å². The average Bonchev–Trinajstić information content (AvgIpc) is 3.45. The molecule has 2 aromatic carbocycles. The highest BCUT2D eigenvalue weighted by molar-refractivity contribution is 6.10. The number of carbonyl (C=O) groups is 3. The second kappa shape index (κ2) is 11.9. The van der Waals surface area contributed by atoms with Crippen LogP contribution in [0.15, 0.2) is 47.6 Å². The van der Waals surface area contributed by atoms with E-state index in [2.05, 4.69) is 44.4 Å². The van der Waals surface area contributed by atoms with Gasteiger partial charge in [-0.2, -0.15) is 0 Å². The first kappa shape index (κ1) is 28.0. The molecular weight excluding hydrogens is 524 g/mol. The fourth-order valence-corrected chi connectivity index (χ4v) is 5.36. The Hall–Kier alpha value is -4.56. The summed E-state index contributed by atoms with van der Waals surface area (Å²) in [5.41, 5.74) is 1.05. The zero-order chi connectivity index (χ0) is 29.0. The predicted octanol–water partition coefficient (Wildman–Crippen LogP) is 1.83. The average molecular weight is 559 g/mol. The summed E-state index contributed by atoms with van der Waals surface area (Å²) in [7, 11) is 1.53. The number of carbonyl (C=O) groups excluding carboxylic acids is 3. The first-order valence-electron chi connectivity index (χ1n) is 13.8. The minimum Gasteiger partial charge on any atom is -0.497 e. The van der Waals surface area contributed by atoms with Gasteiger partial charge in [0.05, 0.1) is 13.7 Å². The Kier molecular flexibility index (Phi) is 8.12. The molecule has 4 amide bonds.